The lowest BCUT2D eigenvalue weighted by molar-refractivity contribution is -0.137. The number of carboxylic acids is 1. The van der Waals surface area contributed by atoms with E-state index in [0.717, 1.165) is 17.5 Å². The van der Waals surface area contributed by atoms with Crippen LogP contribution in [0.15, 0.2) is 18.2 Å². The molecular formula is C15H19NO4. The average Bonchev–Trinajstić information content (AvgIpc) is 2.60. The molecule has 0 fully saturated rings. The number of ether oxygens (including phenoxy) is 1. The van der Waals surface area contributed by atoms with E-state index < -0.39 is 12.0 Å². The molecule has 1 aromatic carbocycles. The smallest absolute Gasteiger partial charge is 0.305 e. The van der Waals surface area contributed by atoms with E-state index in [1.165, 1.54) is 6.92 Å². The minimum atomic E-state index is -0.960. The van der Waals surface area contributed by atoms with Gasteiger partial charge in [0.25, 0.3) is 0 Å². The van der Waals surface area contributed by atoms with Crippen molar-refractivity contribution in [3.8, 4) is 5.75 Å². The second-order valence-corrected chi connectivity index (χ2v) is 5.72. The second kappa shape index (κ2) is 5.15. The number of amides is 1. The summed E-state index contributed by atoms with van der Waals surface area (Å²) in [5.74, 6) is -0.512. The Labute approximate surface area is 117 Å². The molecule has 0 saturated carbocycles. The van der Waals surface area contributed by atoms with Crippen molar-refractivity contribution in [3.63, 3.8) is 0 Å². The topological polar surface area (TPSA) is 75.6 Å². The van der Waals surface area contributed by atoms with E-state index in [0.29, 0.717) is 5.75 Å². The van der Waals surface area contributed by atoms with Crippen molar-refractivity contribution in [2.24, 2.45) is 0 Å². The summed E-state index contributed by atoms with van der Waals surface area (Å²) in [5.41, 5.74) is 1.47. The molecule has 0 radical (unpaired) electrons. The number of carbonyl (C=O) groups excluding carboxylic acids is 1. The first-order valence-electron chi connectivity index (χ1n) is 6.58. The molecule has 5 nitrogen and oxygen atoms in total. The zero-order valence-corrected chi connectivity index (χ0v) is 11.9. The van der Waals surface area contributed by atoms with Gasteiger partial charge in [-0.25, -0.2) is 0 Å². The zero-order valence-electron chi connectivity index (χ0n) is 11.9. The predicted octanol–water partition coefficient (Wildman–Crippen LogP) is 2.05. The number of carbonyl (C=O) groups is 2. The normalized spacial score (nSPS) is 16.9. The van der Waals surface area contributed by atoms with Crippen LogP contribution in [-0.2, 0) is 16.0 Å². The SMILES string of the molecule is CC(=O)N[C@H](CC(=O)O)c1cccc2c1OC(C)(C)C2. The minimum absolute atomic E-state index is 0.167. The summed E-state index contributed by atoms with van der Waals surface area (Å²) in [4.78, 5) is 22.3. The Balaban J connectivity index is 2.38. The number of aliphatic carboxylic acids is 1. The third-order valence-electron chi connectivity index (χ3n) is 3.25. The van der Waals surface area contributed by atoms with Crippen LogP contribution in [-0.4, -0.2) is 22.6 Å². The quantitative estimate of drug-likeness (QED) is 0.883. The highest BCUT2D eigenvalue weighted by molar-refractivity contribution is 5.75. The fourth-order valence-electron chi connectivity index (χ4n) is 2.57. The first-order valence-corrected chi connectivity index (χ1v) is 6.58. The van der Waals surface area contributed by atoms with Gasteiger partial charge in [0.15, 0.2) is 0 Å². The van der Waals surface area contributed by atoms with E-state index >= 15 is 0 Å². The van der Waals surface area contributed by atoms with Crippen molar-refractivity contribution < 1.29 is 19.4 Å². The maximum absolute atomic E-state index is 11.3. The molecule has 5 heteroatoms. The van der Waals surface area contributed by atoms with Gasteiger partial charge in [0.05, 0.1) is 12.5 Å². The first kappa shape index (κ1) is 14.4. The molecule has 1 atom stereocenters. The van der Waals surface area contributed by atoms with Gasteiger partial charge in [-0.15, -0.1) is 0 Å². The first-order chi connectivity index (χ1) is 9.28. The molecule has 1 aromatic rings. The number of hydrogen-bond acceptors (Lipinski definition) is 3. The molecule has 108 valence electrons. The van der Waals surface area contributed by atoms with Crippen LogP contribution < -0.4 is 10.1 Å². The lowest BCUT2D eigenvalue weighted by Crippen LogP contribution is -2.29. The highest BCUT2D eigenvalue weighted by atomic mass is 16.5. The standard InChI is InChI=1S/C15H19NO4/c1-9(17)16-12(7-13(18)19)11-6-4-5-10-8-15(2,3)20-14(10)11/h4-6,12H,7-8H2,1-3H3,(H,16,17)(H,18,19)/t12-/m1/s1. The Bertz CT molecular complexity index is 535. The van der Waals surface area contributed by atoms with Gasteiger partial charge in [0, 0.05) is 18.9 Å². The van der Waals surface area contributed by atoms with E-state index in [9.17, 15) is 9.59 Å². The summed E-state index contributed by atoms with van der Waals surface area (Å²) in [6.45, 7) is 5.35. The number of rotatable bonds is 4. The third kappa shape index (κ3) is 3.10. The Morgan fingerprint density at radius 1 is 1.45 bits per heavy atom. The lowest BCUT2D eigenvalue weighted by atomic mass is 9.97. The molecule has 20 heavy (non-hydrogen) atoms. The third-order valence-corrected chi connectivity index (χ3v) is 3.25. The minimum Gasteiger partial charge on any atom is -0.487 e. The number of hydrogen-bond donors (Lipinski definition) is 2. The molecule has 0 spiro atoms. The van der Waals surface area contributed by atoms with Crippen molar-refractivity contribution in [2.45, 2.75) is 45.3 Å². The maximum atomic E-state index is 11.3. The van der Waals surface area contributed by atoms with E-state index in [4.69, 9.17) is 9.84 Å². The van der Waals surface area contributed by atoms with E-state index in [1.54, 1.807) is 0 Å². The van der Waals surface area contributed by atoms with Crippen molar-refractivity contribution in [2.75, 3.05) is 0 Å². The van der Waals surface area contributed by atoms with Gasteiger partial charge < -0.3 is 15.2 Å². The fourth-order valence-corrected chi connectivity index (χ4v) is 2.57. The monoisotopic (exact) mass is 277 g/mol. The van der Waals surface area contributed by atoms with Crippen LogP contribution in [0.2, 0.25) is 0 Å². The number of nitrogens with one attached hydrogen (secondary N) is 1. The van der Waals surface area contributed by atoms with Gasteiger partial charge in [-0.05, 0) is 19.4 Å². The molecular weight excluding hydrogens is 258 g/mol. The van der Waals surface area contributed by atoms with Crippen molar-refractivity contribution >= 4 is 11.9 Å². The molecule has 1 aliphatic heterocycles. The summed E-state index contributed by atoms with van der Waals surface area (Å²) in [7, 11) is 0. The van der Waals surface area contributed by atoms with Crippen LogP contribution in [0, 0.1) is 0 Å². The van der Waals surface area contributed by atoms with Crippen LogP contribution in [0.1, 0.15) is 44.4 Å². The molecule has 2 rings (SSSR count). The summed E-state index contributed by atoms with van der Waals surface area (Å²) >= 11 is 0. The highest BCUT2D eigenvalue weighted by Crippen LogP contribution is 2.40. The van der Waals surface area contributed by atoms with Crippen molar-refractivity contribution in [1.29, 1.82) is 0 Å². The summed E-state index contributed by atoms with van der Waals surface area (Å²) in [5, 5.41) is 11.7. The molecule has 0 aliphatic carbocycles. The van der Waals surface area contributed by atoms with Gasteiger partial charge in [-0.2, -0.15) is 0 Å². The molecule has 2 N–H and O–H groups in total. The lowest BCUT2D eigenvalue weighted by Gasteiger charge is -2.22. The van der Waals surface area contributed by atoms with E-state index in [1.807, 2.05) is 32.0 Å². The van der Waals surface area contributed by atoms with Crippen molar-refractivity contribution in [1.82, 2.24) is 5.32 Å². The summed E-state index contributed by atoms with van der Waals surface area (Å²) in [6.07, 6.45) is 0.607. The predicted molar refractivity (Wildman–Crippen MR) is 73.7 cm³/mol. The Morgan fingerprint density at radius 3 is 2.75 bits per heavy atom. The summed E-state index contributed by atoms with van der Waals surface area (Å²) < 4.78 is 5.93. The Kier molecular flexibility index (Phi) is 3.70. The number of benzene rings is 1. The zero-order chi connectivity index (χ0) is 14.9. The van der Waals surface area contributed by atoms with Gasteiger partial charge in [0.1, 0.15) is 11.4 Å². The second-order valence-electron chi connectivity index (χ2n) is 5.72. The fraction of sp³-hybridized carbons (Fsp3) is 0.467. The summed E-state index contributed by atoms with van der Waals surface area (Å²) in [6, 6.07) is 5.08. The Morgan fingerprint density at radius 2 is 2.15 bits per heavy atom. The molecule has 1 amide bonds. The van der Waals surface area contributed by atoms with Crippen LogP contribution in [0.3, 0.4) is 0 Å². The van der Waals surface area contributed by atoms with Crippen LogP contribution >= 0.6 is 0 Å². The largest absolute Gasteiger partial charge is 0.487 e. The van der Waals surface area contributed by atoms with Gasteiger partial charge in [-0.3, -0.25) is 9.59 Å². The van der Waals surface area contributed by atoms with Gasteiger partial charge >= 0.3 is 5.97 Å². The Hall–Kier alpha value is -2.04. The van der Waals surface area contributed by atoms with Gasteiger partial charge in [-0.1, -0.05) is 18.2 Å². The molecule has 0 unspecified atom stereocenters. The van der Waals surface area contributed by atoms with Crippen molar-refractivity contribution in [3.05, 3.63) is 29.3 Å². The van der Waals surface area contributed by atoms with E-state index in [-0.39, 0.29) is 17.9 Å². The molecule has 0 aromatic heterocycles. The highest BCUT2D eigenvalue weighted by Gasteiger charge is 2.33. The molecule has 1 heterocycles. The van der Waals surface area contributed by atoms with Gasteiger partial charge in [0.2, 0.25) is 5.91 Å². The van der Waals surface area contributed by atoms with Crippen LogP contribution in [0.25, 0.3) is 0 Å². The molecule has 0 bridgehead atoms. The average molecular weight is 277 g/mol. The number of carboxylic acid groups (broad SMARTS) is 1. The number of para-hydroxylation sites is 1. The number of fused-ring (bicyclic) bond motifs is 1. The molecule has 0 saturated heterocycles. The maximum Gasteiger partial charge on any atom is 0.305 e. The molecule has 1 aliphatic rings. The van der Waals surface area contributed by atoms with E-state index in [2.05, 4.69) is 5.32 Å². The van der Waals surface area contributed by atoms with Crippen LogP contribution in [0.5, 0.6) is 5.75 Å². The van der Waals surface area contributed by atoms with Crippen LogP contribution in [0.4, 0.5) is 0 Å².